The lowest BCUT2D eigenvalue weighted by molar-refractivity contribution is 0.0950. The minimum atomic E-state index is -0.607. The fraction of sp³-hybridized carbons (Fsp3) is 0.0476. The Labute approximate surface area is 161 Å². The highest BCUT2D eigenvalue weighted by atomic mass is 19.1. The maximum atomic E-state index is 13.8. The maximum absolute atomic E-state index is 13.8. The molecule has 2 aromatic carbocycles. The molecule has 2 amide bonds. The second-order valence-electron chi connectivity index (χ2n) is 5.76. The fourth-order valence-corrected chi connectivity index (χ4v) is 2.43. The van der Waals surface area contributed by atoms with Gasteiger partial charge in [-0.3, -0.25) is 14.6 Å². The number of hydrazone groups is 1. The molecule has 0 radical (unpaired) electrons. The zero-order valence-corrected chi connectivity index (χ0v) is 14.8. The number of hydrogen-bond acceptors (Lipinski definition) is 4. The van der Waals surface area contributed by atoms with Crippen LogP contribution < -0.4 is 10.7 Å². The van der Waals surface area contributed by atoms with Crippen molar-refractivity contribution in [2.24, 2.45) is 5.10 Å². The van der Waals surface area contributed by atoms with Gasteiger partial charge in [-0.2, -0.15) is 5.10 Å². The van der Waals surface area contributed by atoms with E-state index < -0.39 is 17.6 Å². The average molecular weight is 376 g/mol. The van der Waals surface area contributed by atoms with Crippen LogP contribution in [-0.4, -0.2) is 29.1 Å². The molecule has 0 saturated carbocycles. The van der Waals surface area contributed by atoms with Gasteiger partial charge in [-0.05, 0) is 29.8 Å². The topological polar surface area (TPSA) is 83.5 Å². The maximum Gasteiger partial charge on any atom is 0.271 e. The third-order valence-electron chi connectivity index (χ3n) is 3.88. The van der Waals surface area contributed by atoms with Crippen molar-refractivity contribution in [2.75, 3.05) is 6.54 Å². The van der Waals surface area contributed by atoms with Crippen LogP contribution in [0.4, 0.5) is 4.39 Å². The SMILES string of the molecule is O=C(NN=C(CNC(=O)c1ccccc1F)c1ccccc1)c1ccncc1. The fourth-order valence-electron chi connectivity index (χ4n) is 2.43. The summed E-state index contributed by atoms with van der Waals surface area (Å²) in [6.45, 7) is 0.00774. The summed E-state index contributed by atoms with van der Waals surface area (Å²) in [5, 5.41) is 6.78. The standard InChI is InChI=1S/C21H17FN4O2/c22-18-9-5-4-8-17(18)21(28)24-14-19(15-6-2-1-3-7-15)25-26-20(27)16-10-12-23-13-11-16/h1-13H,14H2,(H,24,28)(H,26,27). The summed E-state index contributed by atoms with van der Waals surface area (Å²) >= 11 is 0. The molecule has 0 aliphatic rings. The first kappa shape index (κ1) is 18.9. The molecule has 6 nitrogen and oxygen atoms in total. The van der Waals surface area contributed by atoms with E-state index in [9.17, 15) is 14.0 Å². The van der Waals surface area contributed by atoms with E-state index in [-0.39, 0.29) is 12.1 Å². The minimum Gasteiger partial charge on any atom is -0.346 e. The summed E-state index contributed by atoms with van der Waals surface area (Å²) in [4.78, 5) is 28.3. The molecule has 3 aromatic rings. The molecular weight excluding hydrogens is 359 g/mol. The first-order valence-corrected chi connectivity index (χ1v) is 8.50. The molecule has 2 N–H and O–H groups in total. The van der Waals surface area contributed by atoms with Gasteiger partial charge in [-0.1, -0.05) is 42.5 Å². The largest absolute Gasteiger partial charge is 0.346 e. The molecule has 7 heteroatoms. The zero-order valence-electron chi connectivity index (χ0n) is 14.8. The molecule has 0 aliphatic carbocycles. The summed E-state index contributed by atoms with van der Waals surface area (Å²) in [7, 11) is 0. The molecule has 0 fully saturated rings. The number of nitrogens with zero attached hydrogens (tertiary/aromatic N) is 2. The van der Waals surface area contributed by atoms with Crippen molar-refractivity contribution < 1.29 is 14.0 Å². The Balaban J connectivity index is 1.75. The average Bonchev–Trinajstić information content (AvgIpc) is 2.75. The number of halogens is 1. The van der Waals surface area contributed by atoms with Crippen molar-refractivity contribution >= 4 is 17.5 Å². The van der Waals surface area contributed by atoms with E-state index in [1.54, 1.807) is 30.3 Å². The first-order chi connectivity index (χ1) is 13.6. The number of benzene rings is 2. The third-order valence-corrected chi connectivity index (χ3v) is 3.88. The Kier molecular flexibility index (Phi) is 6.20. The van der Waals surface area contributed by atoms with Gasteiger partial charge in [0, 0.05) is 18.0 Å². The summed E-state index contributed by atoms with van der Waals surface area (Å²) in [6.07, 6.45) is 3.01. The van der Waals surface area contributed by atoms with Crippen molar-refractivity contribution in [2.45, 2.75) is 0 Å². The third kappa shape index (κ3) is 4.85. The second kappa shape index (κ2) is 9.18. The van der Waals surface area contributed by atoms with Gasteiger partial charge >= 0.3 is 0 Å². The Hall–Kier alpha value is -3.87. The van der Waals surface area contributed by atoms with Crippen LogP contribution in [0.1, 0.15) is 26.3 Å². The van der Waals surface area contributed by atoms with Crippen LogP contribution in [0.25, 0.3) is 0 Å². The number of rotatable bonds is 6. The van der Waals surface area contributed by atoms with Crippen LogP contribution in [0.5, 0.6) is 0 Å². The van der Waals surface area contributed by atoms with Crippen molar-refractivity contribution in [1.82, 2.24) is 15.7 Å². The van der Waals surface area contributed by atoms with E-state index in [4.69, 9.17) is 0 Å². The number of carbonyl (C=O) groups is 2. The molecule has 28 heavy (non-hydrogen) atoms. The lowest BCUT2D eigenvalue weighted by Crippen LogP contribution is -2.32. The normalized spacial score (nSPS) is 11.0. The van der Waals surface area contributed by atoms with E-state index in [0.29, 0.717) is 16.8 Å². The molecular formula is C21H17FN4O2. The lowest BCUT2D eigenvalue weighted by atomic mass is 10.1. The molecule has 0 saturated heterocycles. The molecule has 3 rings (SSSR count). The monoisotopic (exact) mass is 376 g/mol. The van der Waals surface area contributed by atoms with E-state index in [1.807, 2.05) is 18.2 Å². The summed E-state index contributed by atoms with van der Waals surface area (Å²) < 4.78 is 13.8. The van der Waals surface area contributed by atoms with Crippen LogP contribution in [0.2, 0.25) is 0 Å². The van der Waals surface area contributed by atoms with Crippen LogP contribution in [0, 0.1) is 5.82 Å². The molecule has 0 atom stereocenters. The quantitative estimate of drug-likeness (QED) is 0.513. The van der Waals surface area contributed by atoms with E-state index in [1.165, 1.54) is 30.6 Å². The van der Waals surface area contributed by atoms with Crippen molar-refractivity contribution in [3.63, 3.8) is 0 Å². The second-order valence-corrected chi connectivity index (χ2v) is 5.76. The molecule has 0 bridgehead atoms. The molecule has 1 heterocycles. The summed E-state index contributed by atoms with van der Waals surface area (Å²) in [5.74, 6) is -1.58. The number of aromatic nitrogens is 1. The molecule has 0 unspecified atom stereocenters. The van der Waals surface area contributed by atoms with Crippen LogP contribution in [0.15, 0.2) is 84.2 Å². The van der Waals surface area contributed by atoms with E-state index >= 15 is 0 Å². The van der Waals surface area contributed by atoms with Gasteiger partial charge < -0.3 is 5.32 Å². The zero-order chi connectivity index (χ0) is 19.8. The highest BCUT2D eigenvalue weighted by Crippen LogP contribution is 2.06. The molecule has 0 spiro atoms. The van der Waals surface area contributed by atoms with Crippen molar-refractivity contribution in [3.8, 4) is 0 Å². The summed E-state index contributed by atoms with van der Waals surface area (Å²) in [5.41, 5.74) is 3.95. The Morgan fingerprint density at radius 3 is 2.25 bits per heavy atom. The highest BCUT2D eigenvalue weighted by Gasteiger charge is 2.13. The molecule has 0 aliphatic heterocycles. The van der Waals surface area contributed by atoms with E-state index in [2.05, 4.69) is 20.8 Å². The van der Waals surface area contributed by atoms with Crippen LogP contribution >= 0.6 is 0 Å². The lowest BCUT2D eigenvalue weighted by Gasteiger charge is -2.10. The predicted octanol–water partition coefficient (Wildman–Crippen LogP) is 2.78. The molecule has 1 aromatic heterocycles. The minimum absolute atomic E-state index is 0.00774. The molecule has 140 valence electrons. The van der Waals surface area contributed by atoms with Gasteiger partial charge in [0.2, 0.25) is 0 Å². The van der Waals surface area contributed by atoms with Gasteiger partial charge in [0.25, 0.3) is 11.8 Å². The van der Waals surface area contributed by atoms with E-state index in [0.717, 1.165) is 0 Å². The number of hydrogen-bond donors (Lipinski definition) is 2. The van der Waals surface area contributed by atoms with Crippen molar-refractivity contribution in [1.29, 1.82) is 0 Å². The number of pyridine rings is 1. The van der Waals surface area contributed by atoms with Gasteiger partial charge in [-0.25, -0.2) is 9.82 Å². The Bertz CT molecular complexity index is 992. The highest BCUT2D eigenvalue weighted by molar-refractivity contribution is 6.06. The number of amides is 2. The number of carbonyl (C=O) groups excluding carboxylic acids is 2. The summed E-state index contributed by atoms with van der Waals surface area (Å²) in [6, 6.07) is 17.9. The van der Waals surface area contributed by atoms with Crippen LogP contribution in [-0.2, 0) is 0 Å². The van der Waals surface area contributed by atoms with Gasteiger partial charge in [0.1, 0.15) is 5.82 Å². The van der Waals surface area contributed by atoms with Gasteiger partial charge in [-0.15, -0.1) is 0 Å². The first-order valence-electron chi connectivity index (χ1n) is 8.50. The predicted molar refractivity (Wildman–Crippen MR) is 103 cm³/mol. The number of nitrogens with one attached hydrogen (secondary N) is 2. The van der Waals surface area contributed by atoms with Gasteiger partial charge in [0.15, 0.2) is 0 Å². The van der Waals surface area contributed by atoms with Crippen molar-refractivity contribution in [3.05, 3.63) is 102 Å². The smallest absolute Gasteiger partial charge is 0.271 e. The Morgan fingerprint density at radius 1 is 0.857 bits per heavy atom. The van der Waals surface area contributed by atoms with Gasteiger partial charge in [0.05, 0.1) is 17.8 Å². The van der Waals surface area contributed by atoms with Crippen LogP contribution in [0.3, 0.4) is 0 Å². The Morgan fingerprint density at radius 2 is 1.54 bits per heavy atom.